The molecule has 0 aromatic carbocycles. The Hall–Kier alpha value is -1.62. The van der Waals surface area contributed by atoms with Crippen molar-refractivity contribution in [3.05, 3.63) is 24.3 Å². The minimum Gasteiger partial charge on any atom is -0.478 e. The highest BCUT2D eigenvalue weighted by Crippen LogP contribution is 2.15. The molecule has 0 saturated carbocycles. The van der Waals surface area contributed by atoms with Crippen LogP contribution >= 0.6 is 0 Å². The number of carboxylic acids is 1. The predicted molar refractivity (Wildman–Crippen MR) is 67.2 cm³/mol. The van der Waals surface area contributed by atoms with E-state index in [4.69, 9.17) is 14.6 Å². The zero-order valence-electron chi connectivity index (χ0n) is 11.1. The van der Waals surface area contributed by atoms with Gasteiger partial charge in [-0.2, -0.15) is 0 Å². The van der Waals surface area contributed by atoms with Crippen LogP contribution < -0.4 is 0 Å². The third-order valence-corrected chi connectivity index (χ3v) is 2.36. The van der Waals surface area contributed by atoms with Crippen molar-refractivity contribution >= 4 is 11.9 Å². The number of carbonyl (C=O) groups is 2. The van der Waals surface area contributed by atoms with Crippen LogP contribution in [0, 0.1) is 0 Å². The lowest BCUT2D eigenvalue weighted by Gasteiger charge is -2.23. The van der Waals surface area contributed by atoms with E-state index in [1.807, 2.05) is 6.92 Å². The van der Waals surface area contributed by atoms with Crippen LogP contribution in [0.5, 0.6) is 0 Å². The molecule has 0 aliphatic rings. The number of carbonyl (C=O) groups excluding carboxylic acids is 1. The molecule has 0 radical (unpaired) electrons. The third-order valence-electron chi connectivity index (χ3n) is 2.36. The molecule has 0 bridgehead atoms. The van der Waals surface area contributed by atoms with Crippen molar-refractivity contribution in [3.63, 3.8) is 0 Å². The monoisotopic (exact) mass is 256 g/mol. The Kier molecular flexibility index (Phi) is 6.33. The van der Waals surface area contributed by atoms with Crippen molar-refractivity contribution in [1.29, 1.82) is 0 Å². The number of esters is 1. The van der Waals surface area contributed by atoms with Gasteiger partial charge in [0.1, 0.15) is 5.60 Å². The van der Waals surface area contributed by atoms with E-state index in [2.05, 4.69) is 13.2 Å². The average molecular weight is 256 g/mol. The van der Waals surface area contributed by atoms with E-state index in [-0.39, 0.29) is 24.4 Å². The van der Waals surface area contributed by atoms with Gasteiger partial charge in [0.25, 0.3) is 0 Å². The molecule has 0 rings (SSSR count). The molecule has 0 unspecified atom stereocenters. The van der Waals surface area contributed by atoms with E-state index < -0.39 is 17.5 Å². The second kappa shape index (κ2) is 6.96. The summed E-state index contributed by atoms with van der Waals surface area (Å²) in [5.41, 5.74) is -0.482. The van der Waals surface area contributed by atoms with Crippen LogP contribution in [0.4, 0.5) is 0 Å². The molecule has 0 aliphatic carbocycles. The first-order chi connectivity index (χ1) is 8.19. The van der Waals surface area contributed by atoms with Gasteiger partial charge in [0.15, 0.2) is 0 Å². The largest absolute Gasteiger partial charge is 0.478 e. The number of aliphatic carboxylic acids is 1. The summed E-state index contributed by atoms with van der Waals surface area (Å²) in [7, 11) is 0. The summed E-state index contributed by atoms with van der Waals surface area (Å²) in [6, 6.07) is 0. The van der Waals surface area contributed by atoms with E-state index >= 15 is 0 Å². The van der Waals surface area contributed by atoms with E-state index in [0.717, 1.165) is 0 Å². The second-order valence-electron chi connectivity index (χ2n) is 4.51. The van der Waals surface area contributed by atoms with E-state index in [0.29, 0.717) is 6.42 Å². The minimum absolute atomic E-state index is 0.0784. The Balaban J connectivity index is 4.07. The van der Waals surface area contributed by atoms with Crippen molar-refractivity contribution < 1.29 is 24.2 Å². The standard InChI is InChI=1S/C13H20O5/c1-6-13(4,5)18-12(16)10(3)8-17-7-9(2)11(14)15/h2-3,6-8H2,1,4-5H3,(H,14,15). The highest BCUT2D eigenvalue weighted by Gasteiger charge is 2.22. The maximum atomic E-state index is 11.6. The van der Waals surface area contributed by atoms with Crippen LogP contribution in [-0.4, -0.2) is 35.9 Å². The van der Waals surface area contributed by atoms with Crippen LogP contribution in [0.1, 0.15) is 27.2 Å². The lowest BCUT2D eigenvalue weighted by atomic mass is 10.1. The topological polar surface area (TPSA) is 72.8 Å². The van der Waals surface area contributed by atoms with E-state index in [9.17, 15) is 9.59 Å². The first kappa shape index (κ1) is 16.4. The van der Waals surface area contributed by atoms with Gasteiger partial charge in [0.2, 0.25) is 0 Å². The predicted octanol–water partition coefficient (Wildman–Crippen LogP) is 1.93. The number of rotatable bonds is 8. The van der Waals surface area contributed by atoms with Crippen molar-refractivity contribution in [3.8, 4) is 0 Å². The molecule has 0 aliphatic heterocycles. The normalized spacial score (nSPS) is 10.8. The van der Waals surface area contributed by atoms with Crippen LogP contribution in [0.25, 0.3) is 0 Å². The Bertz CT molecular complexity index is 354. The Labute approximate surface area is 107 Å². The first-order valence-electron chi connectivity index (χ1n) is 5.59. The fraction of sp³-hybridized carbons (Fsp3) is 0.538. The lowest BCUT2D eigenvalue weighted by Crippen LogP contribution is -2.28. The van der Waals surface area contributed by atoms with Gasteiger partial charge in [-0.15, -0.1) is 0 Å². The molecule has 0 saturated heterocycles. The van der Waals surface area contributed by atoms with Crippen molar-refractivity contribution in [2.75, 3.05) is 13.2 Å². The molecule has 0 heterocycles. The number of hydrogen-bond acceptors (Lipinski definition) is 4. The SMILES string of the molecule is C=C(COCC(=C)C(=O)OC(C)(C)CC)C(=O)O. The highest BCUT2D eigenvalue weighted by atomic mass is 16.6. The van der Waals surface area contributed by atoms with Crippen LogP contribution in [0.3, 0.4) is 0 Å². The molecular formula is C13H20O5. The highest BCUT2D eigenvalue weighted by molar-refractivity contribution is 5.88. The quantitative estimate of drug-likeness (QED) is 0.530. The maximum absolute atomic E-state index is 11.6. The summed E-state index contributed by atoms with van der Waals surface area (Å²) in [5, 5.41) is 8.55. The molecule has 0 spiro atoms. The molecule has 0 amide bonds. The van der Waals surface area contributed by atoms with Crippen LogP contribution in [0.2, 0.25) is 0 Å². The number of carboxylic acid groups (broad SMARTS) is 1. The fourth-order valence-corrected chi connectivity index (χ4v) is 0.813. The Morgan fingerprint density at radius 2 is 1.67 bits per heavy atom. The molecule has 5 nitrogen and oxygen atoms in total. The first-order valence-corrected chi connectivity index (χ1v) is 5.59. The van der Waals surface area contributed by atoms with Crippen molar-refractivity contribution in [2.24, 2.45) is 0 Å². The molecule has 102 valence electrons. The minimum atomic E-state index is -1.13. The van der Waals surface area contributed by atoms with Gasteiger partial charge in [-0.1, -0.05) is 20.1 Å². The average Bonchev–Trinajstić information content (AvgIpc) is 2.27. The van der Waals surface area contributed by atoms with Gasteiger partial charge < -0.3 is 14.6 Å². The van der Waals surface area contributed by atoms with Gasteiger partial charge in [0, 0.05) is 0 Å². The van der Waals surface area contributed by atoms with Crippen molar-refractivity contribution in [1.82, 2.24) is 0 Å². The second-order valence-corrected chi connectivity index (χ2v) is 4.51. The summed E-state index contributed by atoms with van der Waals surface area (Å²) < 4.78 is 10.2. The summed E-state index contributed by atoms with van der Waals surface area (Å²) >= 11 is 0. The summed E-state index contributed by atoms with van der Waals surface area (Å²) in [5.74, 6) is -1.67. The van der Waals surface area contributed by atoms with Gasteiger partial charge in [-0.05, 0) is 20.3 Å². The summed E-state index contributed by atoms with van der Waals surface area (Å²) in [6.45, 7) is 12.1. The number of ether oxygens (including phenoxy) is 2. The maximum Gasteiger partial charge on any atom is 0.336 e. The van der Waals surface area contributed by atoms with Gasteiger partial charge in [-0.3, -0.25) is 0 Å². The molecule has 0 atom stereocenters. The molecule has 5 heteroatoms. The van der Waals surface area contributed by atoms with Crippen LogP contribution in [-0.2, 0) is 19.1 Å². The summed E-state index contributed by atoms with van der Waals surface area (Å²) in [4.78, 5) is 22.0. The zero-order chi connectivity index (χ0) is 14.3. The fourth-order valence-electron chi connectivity index (χ4n) is 0.813. The molecule has 1 N–H and O–H groups in total. The number of hydrogen-bond donors (Lipinski definition) is 1. The van der Waals surface area contributed by atoms with Crippen molar-refractivity contribution in [2.45, 2.75) is 32.8 Å². The third kappa shape index (κ3) is 6.20. The van der Waals surface area contributed by atoms with Gasteiger partial charge >= 0.3 is 11.9 Å². The Morgan fingerprint density at radius 1 is 1.17 bits per heavy atom. The Morgan fingerprint density at radius 3 is 2.11 bits per heavy atom. The smallest absolute Gasteiger partial charge is 0.336 e. The molecule has 0 aromatic rings. The van der Waals surface area contributed by atoms with Gasteiger partial charge in [-0.25, -0.2) is 9.59 Å². The zero-order valence-corrected chi connectivity index (χ0v) is 11.1. The molecular weight excluding hydrogens is 236 g/mol. The van der Waals surface area contributed by atoms with E-state index in [1.54, 1.807) is 13.8 Å². The molecule has 18 heavy (non-hydrogen) atoms. The lowest BCUT2D eigenvalue weighted by molar-refractivity contribution is -0.152. The molecule has 0 aromatic heterocycles. The summed E-state index contributed by atoms with van der Waals surface area (Å²) in [6.07, 6.45) is 0.683. The van der Waals surface area contributed by atoms with E-state index in [1.165, 1.54) is 0 Å². The molecule has 0 fully saturated rings. The van der Waals surface area contributed by atoms with Crippen LogP contribution in [0.15, 0.2) is 24.3 Å². The van der Waals surface area contributed by atoms with Gasteiger partial charge in [0.05, 0.1) is 24.4 Å².